The van der Waals surface area contributed by atoms with E-state index in [1.807, 2.05) is 0 Å². The Morgan fingerprint density at radius 1 is 1.44 bits per heavy atom. The molecular weight excluding hydrogens is 384 g/mol. The third-order valence-corrected chi connectivity index (χ3v) is 4.57. The Morgan fingerprint density at radius 3 is 2.78 bits per heavy atom. The van der Waals surface area contributed by atoms with E-state index in [4.69, 9.17) is 4.55 Å². The van der Waals surface area contributed by atoms with Crippen LogP contribution >= 0.6 is 0 Å². The molecule has 1 aromatic rings. The normalized spacial score (nSPS) is 22.0. The lowest BCUT2D eigenvalue weighted by Crippen LogP contribution is -2.48. The van der Waals surface area contributed by atoms with E-state index in [-0.39, 0.29) is 13.1 Å². The number of nitrogens with zero attached hydrogens (tertiary/aromatic N) is 2. The first kappa shape index (κ1) is 18.9. The number of aromatic amines is 1. The predicted octanol–water partition coefficient (Wildman–Crippen LogP) is -1.13. The van der Waals surface area contributed by atoms with Crippen LogP contribution in [-0.2, 0) is 26.0 Å². The van der Waals surface area contributed by atoms with E-state index < -0.39 is 45.6 Å². The van der Waals surface area contributed by atoms with E-state index in [9.17, 15) is 27.9 Å². The molecule has 4 N–H and O–H groups in total. The molecule has 2 bridgehead atoms. The van der Waals surface area contributed by atoms with Gasteiger partial charge >= 0.3 is 16.4 Å². The number of hydrogen-bond donors (Lipinski definition) is 4. The van der Waals surface area contributed by atoms with Gasteiger partial charge < -0.3 is 20.3 Å². The molecule has 3 heterocycles. The number of carbonyl (C=O) groups is 2. The van der Waals surface area contributed by atoms with Crippen LogP contribution in [0.4, 0.5) is 4.79 Å². The second-order valence-corrected chi connectivity index (χ2v) is 7.06. The molecule has 0 saturated carbocycles. The summed E-state index contributed by atoms with van der Waals surface area (Å²) in [5.74, 6) is -1.02. The molecule has 2 aliphatic heterocycles. The molecule has 1 saturated heterocycles. The van der Waals surface area contributed by atoms with Crippen molar-refractivity contribution in [1.82, 2.24) is 20.3 Å². The van der Waals surface area contributed by atoms with Gasteiger partial charge in [-0.3, -0.25) is 14.1 Å². The van der Waals surface area contributed by atoms with Crippen LogP contribution in [0.2, 0.25) is 0 Å². The largest absolute Gasteiger partial charge is 0.503 e. The highest BCUT2D eigenvalue weighted by molar-refractivity contribution is 7.80. The molecule has 0 aliphatic carbocycles. The standard InChI is InChI=1S/C14H16N4O8S/c1-7-2-9(13(21)16-4-8-3-11(19)12(20)5-15-8)17-6-10(7)18(14(17)22)26-27(23,24)25/h2-3,5,9-10,20H,4,6H2,1H3,(H,15,19)(H,16,21)(H,23,24,25). The summed E-state index contributed by atoms with van der Waals surface area (Å²) >= 11 is 0. The highest BCUT2D eigenvalue weighted by Crippen LogP contribution is 2.30. The number of aromatic nitrogens is 1. The van der Waals surface area contributed by atoms with Gasteiger partial charge in [-0.2, -0.15) is 13.5 Å². The summed E-state index contributed by atoms with van der Waals surface area (Å²) in [6, 6.07) is -1.54. The number of aromatic hydroxyl groups is 1. The van der Waals surface area contributed by atoms with Gasteiger partial charge in [0.2, 0.25) is 11.3 Å². The molecule has 3 amide bonds. The molecule has 3 rings (SSSR count). The molecule has 0 spiro atoms. The monoisotopic (exact) mass is 400 g/mol. The summed E-state index contributed by atoms with van der Waals surface area (Å²) < 4.78 is 35.0. The number of H-pyrrole nitrogens is 1. The number of urea groups is 1. The molecule has 146 valence electrons. The van der Waals surface area contributed by atoms with Crippen molar-refractivity contribution in [3.8, 4) is 5.75 Å². The number of amides is 3. The smallest absolute Gasteiger partial charge is 0.418 e. The quantitative estimate of drug-likeness (QED) is 0.355. The van der Waals surface area contributed by atoms with Crippen LogP contribution in [0.3, 0.4) is 0 Å². The van der Waals surface area contributed by atoms with Crippen LogP contribution in [0.15, 0.2) is 28.7 Å². The molecule has 2 atom stereocenters. The summed E-state index contributed by atoms with van der Waals surface area (Å²) in [5, 5.41) is 12.3. The maximum atomic E-state index is 12.5. The zero-order valence-corrected chi connectivity index (χ0v) is 14.8. The van der Waals surface area contributed by atoms with Gasteiger partial charge in [-0.05, 0) is 12.5 Å². The van der Waals surface area contributed by atoms with Crippen LogP contribution in [0.5, 0.6) is 5.75 Å². The SMILES string of the molecule is CC1=CC(C(=O)NCc2cc(=O)c(O)c[nH]2)N2CC1N(OS(=O)(=O)O)C2=O. The van der Waals surface area contributed by atoms with Gasteiger partial charge in [-0.25, -0.2) is 4.79 Å². The molecule has 0 radical (unpaired) electrons. The summed E-state index contributed by atoms with van der Waals surface area (Å²) in [5.41, 5.74) is 0.241. The van der Waals surface area contributed by atoms with Gasteiger partial charge in [-0.15, -0.1) is 4.28 Å². The maximum Gasteiger partial charge on any atom is 0.418 e. The first-order chi connectivity index (χ1) is 12.6. The summed E-state index contributed by atoms with van der Waals surface area (Å²) in [4.78, 5) is 39.9. The van der Waals surface area contributed by atoms with E-state index in [1.54, 1.807) is 6.92 Å². The summed E-state index contributed by atoms with van der Waals surface area (Å²) in [6.45, 7) is 1.54. The predicted molar refractivity (Wildman–Crippen MR) is 88.5 cm³/mol. The van der Waals surface area contributed by atoms with E-state index in [1.165, 1.54) is 6.08 Å². The van der Waals surface area contributed by atoms with Crippen molar-refractivity contribution in [2.24, 2.45) is 0 Å². The first-order valence-corrected chi connectivity index (χ1v) is 9.07. The Bertz CT molecular complexity index is 985. The molecule has 2 unspecified atom stereocenters. The van der Waals surface area contributed by atoms with Crippen LogP contribution in [0.1, 0.15) is 12.6 Å². The lowest BCUT2D eigenvalue weighted by atomic mass is 10.0. The molecule has 27 heavy (non-hydrogen) atoms. The summed E-state index contributed by atoms with van der Waals surface area (Å²) in [7, 11) is -4.90. The maximum absolute atomic E-state index is 12.5. The van der Waals surface area contributed by atoms with E-state index in [2.05, 4.69) is 14.6 Å². The third kappa shape index (κ3) is 3.79. The second kappa shape index (κ2) is 6.68. The van der Waals surface area contributed by atoms with Crippen LogP contribution in [-0.4, -0.2) is 63.6 Å². The van der Waals surface area contributed by atoms with Crippen LogP contribution in [0, 0.1) is 0 Å². The average Bonchev–Trinajstić information content (AvgIpc) is 2.84. The zero-order chi connectivity index (χ0) is 19.9. The zero-order valence-electron chi connectivity index (χ0n) is 13.9. The lowest BCUT2D eigenvalue weighted by Gasteiger charge is -2.27. The second-order valence-electron chi connectivity index (χ2n) is 6.06. The van der Waals surface area contributed by atoms with E-state index >= 15 is 0 Å². The van der Waals surface area contributed by atoms with Gasteiger partial charge in [-0.1, -0.05) is 6.08 Å². The molecule has 2 aliphatic rings. The highest BCUT2D eigenvalue weighted by Gasteiger charge is 2.48. The lowest BCUT2D eigenvalue weighted by molar-refractivity contribution is -0.124. The van der Waals surface area contributed by atoms with E-state index in [0.717, 1.165) is 17.2 Å². The van der Waals surface area contributed by atoms with Crippen molar-refractivity contribution in [1.29, 1.82) is 0 Å². The number of hydrogen-bond acceptors (Lipinski definition) is 7. The van der Waals surface area contributed by atoms with Crippen molar-refractivity contribution in [2.75, 3.05) is 6.54 Å². The minimum absolute atomic E-state index is 0.00478. The molecule has 12 nitrogen and oxygen atoms in total. The number of hydroxylamine groups is 2. The minimum Gasteiger partial charge on any atom is -0.503 e. The molecule has 1 fully saturated rings. The number of nitrogens with one attached hydrogen (secondary N) is 2. The topological polar surface area (TPSA) is 169 Å². The van der Waals surface area contributed by atoms with Gasteiger partial charge in [0.15, 0.2) is 5.75 Å². The fraction of sp³-hybridized carbons (Fsp3) is 0.357. The Hall–Kier alpha value is -2.90. The van der Waals surface area contributed by atoms with Crippen molar-refractivity contribution in [3.05, 3.63) is 39.8 Å². The fourth-order valence-electron chi connectivity index (χ4n) is 2.91. The number of rotatable bonds is 5. The molecule has 13 heteroatoms. The van der Waals surface area contributed by atoms with Crippen LogP contribution < -0.4 is 10.7 Å². The Morgan fingerprint density at radius 2 is 2.15 bits per heavy atom. The highest BCUT2D eigenvalue weighted by atomic mass is 32.3. The van der Waals surface area contributed by atoms with Crippen molar-refractivity contribution in [3.63, 3.8) is 0 Å². The van der Waals surface area contributed by atoms with Crippen molar-refractivity contribution >= 4 is 22.3 Å². The van der Waals surface area contributed by atoms with Gasteiger partial charge in [0, 0.05) is 18.0 Å². The Kier molecular flexibility index (Phi) is 4.67. The first-order valence-electron chi connectivity index (χ1n) is 7.70. The van der Waals surface area contributed by atoms with Gasteiger partial charge in [0.1, 0.15) is 12.1 Å². The number of fused-ring (bicyclic) bond motifs is 2. The average molecular weight is 400 g/mol. The number of pyridine rings is 1. The van der Waals surface area contributed by atoms with Crippen LogP contribution in [0.25, 0.3) is 0 Å². The fourth-order valence-corrected chi connectivity index (χ4v) is 3.28. The Balaban J connectivity index is 1.73. The Labute approximate surface area is 152 Å². The minimum atomic E-state index is -4.90. The molecule has 1 aromatic heterocycles. The molecular formula is C14H16N4O8S. The number of carbonyl (C=O) groups excluding carboxylic acids is 2. The third-order valence-electron chi connectivity index (χ3n) is 4.22. The van der Waals surface area contributed by atoms with Gasteiger partial charge in [0.05, 0.1) is 13.1 Å². The van der Waals surface area contributed by atoms with Gasteiger partial charge in [0.25, 0.3) is 0 Å². The molecule has 0 aromatic carbocycles. The van der Waals surface area contributed by atoms with E-state index in [0.29, 0.717) is 16.3 Å². The van der Waals surface area contributed by atoms with Crippen molar-refractivity contribution in [2.45, 2.75) is 25.6 Å². The summed E-state index contributed by atoms with van der Waals surface area (Å²) in [6.07, 6.45) is 2.57. The van der Waals surface area contributed by atoms with Crippen molar-refractivity contribution < 1.29 is 31.9 Å².